The standard InChI is InChI=1S/C22H23F3N4OS2/c1-12-19(32-13(2)26-12)18-11-31-21(27-18)28-20(30)15-8-17(9-15)29(3)10-14-4-6-16(7-5-14)22(23,24)25/h4-7,11,15,17H,8-10H2,1-3H3,(H,27,28,30). The van der Waals surface area contributed by atoms with Crippen molar-refractivity contribution in [2.45, 2.75) is 45.5 Å². The van der Waals surface area contributed by atoms with Gasteiger partial charge in [0.2, 0.25) is 5.91 Å². The molecule has 4 rings (SSSR count). The van der Waals surface area contributed by atoms with E-state index in [-0.39, 0.29) is 17.9 Å². The molecule has 5 nitrogen and oxygen atoms in total. The Morgan fingerprint density at radius 3 is 2.47 bits per heavy atom. The number of carbonyl (C=O) groups is 1. The highest BCUT2D eigenvalue weighted by Crippen LogP contribution is 2.35. The lowest BCUT2D eigenvalue weighted by molar-refractivity contribution is -0.137. The zero-order valence-electron chi connectivity index (χ0n) is 17.9. The largest absolute Gasteiger partial charge is 0.416 e. The van der Waals surface area contributed by atoms with Crippen molar-refractivity contribution in [2.75, 3.05) is 12.4 Å². The molecule has 32 heavy (non-hydrogen) atoms. The number of hydrogen-bond donors (Lipinski definition) is 1. The Balaban J connectivity index is 1.27. The van der Waals surface area contributed by atoms with Gasteiger partial charge in [-0.2, -0.15) is 13.2 Å². The van der Waals surface area contributed by atoms with Crippen molar-refractivity contribution >= 4 is 33.7 Å². The molecular formula is C22H23F3N4OS2. The number of anilines is 1. The van der Waals surface area contributed by atoms with Crippen LogP contribution in [0, 0.1) is 19.8 Å². The summed E-state index contributed by atoms with van der Waals surface area (Å²) in [5.74, 6) is -0.128. The van der Waals surface area contributed by atoms with E-state index in [4.69, 9.17) is 0 Å². The van der Waals surface area contributed by atoms with Gasteiger partial charge in [-0.05, 0) is 51.4 Å². The average Bonchev–Trinajstić information content (AvgIpc) is 3.25. The van der Waals surface area contributed by atoms with Crippen LogP contribution in [0.2, 0.25) is 0 Å². The van der Waals surface area contributed by atoms with Crippen molar-refractivity contribution in [3.8, 4) is 10.6 Å². The van der Waals surface area contributed by atoms with E-state index in [1.165, 1.54) is 23.5 Å². The van der Waals surface area contributed by atoms with Crippen LogP contribution in [-0.2, 0) is 17.5 Å². The molecule has 0 radical (unpaired) electrons. The lowest BCUT2D eigenvalue weighted by atomic mass is 9.78. The number of amides is 1. The fourth-order valence-corrected chi connectivity index (χ4v) is 5.45. The summed E-state index contributed by atoms with van der Waals surface area (Å²) in [6.45, 7) is 4.45. The molecule has 3 aromatic rings. The third-order valence-electron chi connectivity index (χ3n) is 5.69. The molecule has 1 aliphatic carbocycles. The van der Waals surface area contributed by atoms with Crippen LogP contribution in [0.5, 0.6) is 0 Å². The molecule has 1 amide bonds. The number of nitrogens with one attached hydrogen (secondary N) is 1. The van der Waals surface area contributed by atoms with Crippen molar-refractivity contribution in [2.24, 2.45) is 5.92 Å². The number of carbonyl (C=O) groups excluding carboxylic acids is 1. The van der Waals surface area contributed by atoms with Gasteiger partial charge >= 0.3 is 6.18 Å². The molecule has 0 spiro atoms. The Morgan fingerprint density at radius 2 is 1.88 bits per heavy atom. The van der Waals surface area contributed by atoms with Crippen LogP contribution < -0.4 is 5.32 Å². The van der Waals surface area contributed by atoms with Crippen LogP contribution in [0.4, 0.5) is 18.3 Å². The van der Waals surface area contributed by atoms with Gasteiger partial charge in [0, 0.05) is 23.9 Å². The van der Waals surface area contributed by atoms with Gasteiger partial charge in [-0.25, -0.2) is 9.97 Å². The summed E-state index contributed by atoms with van der Waals surface area (Å²) in [6.07, 6.45) is -2.89. The van der Waals surface area contributed by atoms with Gasteiger partial charge in [0.1, 0.15) is 0 Å². The number of thiazole rings is 2. The number of rotatable bonds is 6. The number of nitrogens with zero attached hydrogens (tertiary/aromatic N) is 3. The van der Waals surface area contributed by atoms with Gasteiger partial charge in [0.15, 0.2) is 5.13 Å². The summed E-state index contributed by atoms with van der Waals surface area (Å²) < 4.78 is 38.1. The van der Waals surface area contributed by atoms with Crippen LogP contribution in [0.1, 0.15) is 34.7 Å². The average molecular weight is 481 g/mol. The Morgan fingerprint density at radius 1 is 1.19 bits per heavy atom. The zero-order valence-corrected chi connectivity index (χ0v) is 19.5. The third kappa shape index (κ3) is 5.02. The molecule has 1 fully saturated rings. The van der Waals surface area contributed by atoms with E-state index in [1.54, 1.807) is 11.3 Å². The van der Waals surface area contributed by atoms with Gasteiger partial charge in [-0.3, -0.25) is 9.69 Å². The molecule has 10 heteroatoms. The lowest BCUT2D eigenvalue weighted by Crippen LogP contribution is -2.46. The molecule has 0 unspecified atom stereocenters. The number of hydrogen-bond acceptors (Lipinski definition) is 6. The van der Waals surface area contributed by atoms with Crippen LogP contribution >= 0.6 is 22.7 Å². The van der Waals surface area contributed by atoms with E-state index in [0.29, 0.717) is 24.5 Å². The topological polar surface area (TPSA) is 58.1 Å². The minimum Gasteiger partial charge on any atom is -0.302 e. The second-order valence-electron chi connectivity index (χ2n) is 8.11. The quantitative estimate of drug-likeness (QED) is 0.488. The second-order valence-corrected chi connectivity index (χ2v) is 10.2. The van der Waals surface area contributed by atoms with Crippen LogP contribution in [0.15, 0.2) is 29.6 Å². The lowest BCUT2D eigenvalue weighted by Gasteiger charge is -2.40. The molecule has 1 aromatic carbocycles. The number of aromatic nitrogens is 2. The van der Waals surface area contributed by atoms with Gasteiger partial charge in [0.25, 0.3) is 0 Å². The summed E-state index contributed by atoms with van der Waals surface area (Å²) in [7, 11) is 1.93. The Hall–Kier alpha value is -2.30. The summed E-state index contributed by atoms with van der Waals surface area (Å²) in [5, 5.41) is 6.41. The fourth-order valence-electron chi connectivity index (χ4n) is 3.79. The highest BCUT2D eigenvalue weighted by molar-refractivity contribution is 7.16. The summed E-state index contributed by atoms with van der Waals surface area (Å²) in [4.78, 5) is 24.7. The van der Waals surface area contributed by atoms with E-state index in [1.807, 2.05) is 26.3 Å². The van der Waals surface area contributed by atoms with Gasteiger partial charge < -0.3 is 5.32 Å². The Labute approximate surface area is 192 Å². The Kier molecular flexibility index (Phi) is 6.37. The summed E-state index contributed by atoms with van der Waals surface area (Å²) >= 11 is 2.99. The molecular weight excluding hydrogens is 457 g/mol. The first-order valence-corrected chi connectivity index (χ1v) is 11.9. The number of benzene rings is 1. The highest BCUT2D eigenvalue weighted by atomic mass is 32.1. The maximum atomic E-state index is 12.7. The molecule has 0 atom stereocenters. The molecule has 170 valence electrons. The van der Waals surface area contributed by atoms with Gasteiger partial charge in [-0.1, -0.05) is 12.1 Å². The van der Waals surface area contributed by atoms with E-state index in [0.717, 1.165) is 39.0 Å². The van der Waals surface area contributed by atoms with Crippen molar-refractivity contribution < 1.29 is 18.0 Å². The van der Waals surface area contributed by atoms with Crippen molar-refractivity contribution in [3.05, 3.63) is 51.5 Å². The number of alkyl halides is 3. The molecule has 1 saturated carbocycles. The first kappa shape index (κ1) is 22.9. The molecule has 2 heterocycles. The monoisotopic (exact) mass is 480 g/mol. The minimum atomic E-state index is -4.32. The summed E-state index contributed by atoms with van der Waals surface area (Å²) in [6, 6.07) is 5.46. The molecule has 1 aliphatic rings. The molecule has 0 aliphatic heterocycles. The SMILES string of the molecule is Cc1nc(C)c(-c2csc(NC(=O)C3CC(N(C)Cc4ccc(C(F)(F)F)cc4)C3)n2)s1. The van der Waals surface area contributed by atoms with E-state index >= 15 is 0 Å². The summed E-state index contributed by atoms with van der Waals surface area (Å²) in [5.41, 5.74) is 1.94. The first-order chi connectivity index (χ1) is 15.1. The predicted octanol–water partition coefficient (Wildman–Crippen LogP) is 5.75. The number of aryl methyl sites for hydroxylation is 2. The van der Waals surface area contributed by atoms with E-state index < -0.39 is 11.7 Å². The highest BCUT2D eigenvalue weighted by Gasteiger charge is 2.37. The Bertz CT molecular complexity index is 1100. The smallest absolute Gasteiger partial charge is 0.302 e. The number of halogens is 3. The van der Waals surface area contributed by atoms with Crippen molar-refractivity contribution in [3.63, 3.8) is 0 Å². The second kappa shape index (κ2) is 8.92. The maximum Gasteiger partial charge on any atom is 0.416 e. The molecule has 0 bridgehead atoms. The van der Waals surface area contributed by atoms with Crippen LogP contribution in [0.3, 0.4) is 0 Å². The predicted molar refractivity (Wildman–Crippen MR) is 121 cm³/mol. The van der Waals surface area contributed by atoms with Crippen molar-refractivity contribution in [1.29, 1.82) is 0 Å². The zero-order chi connectivity index (χ0) is 23.0. The van der Waals surface area contributed by atoms with Gasteiger partial charge in [-0.15, -0.1) is 22.7 Å². The first-order valence-electron chi connectivity index (χ1n) is 10.2. The van der Waals surface area contributed by atoms with Crippen molar-refractivity contribution in [1.82, 2.24) is 14.9 Å². The molecule has 2 aromatic heterocycles. The molecule has 0 saturated heterocycles. The van der Waals surface area contributed by atoms with E-state index in [2.05, 4.69) is 20.2 Å². The van der Waals surface area contributed by atoms with Gasteiger partial charge in [0.05, 0.1) is 26.8 Å². The third-order valence-corrected chi connectivity index (χ3v) is 7.54. The fraction of sp³-hybridized carbons (Fsp3) is 0.409. The van der Waals surface area contributed by atoms with E-state index in [9.17, 15) is 18.0 Å². The maximum absolute atomic E-state index is 12.7. The minimum absolute atomic E-state index is 0.0395. The van der Waals surface area contributed by atoms with Crippen LogP contribution in [-0.4, -0.2) is 33.9 Å². The van der Waals surface area contributed by atoms with Crippen LogP contribution in [0.25, 0.3) is 10.6 Å². The normalized spacial score (nSPS) is 18.6. The molecule has 1 N–H and O–H groups in total.